The molecule has 1 unspecified atom stereocenters. The summed E-state index contributed by atoms with van der Waals surface area (Å²) in [5, 5.41) is 3.40. The molecule has 3 nitrogen and oxygen atoms in total. The first-order chi connectivity index (χ1) is 7.92. The Balaban J connectivity index is 1.68. The highest BCUT2D eigenvalue weighted by molar-refractivity contribution is 5.11. The molecule has 1 aromatic heterocycles. The van der Waals surface area contributed by atoms with E-state index in [0.29, 0.717) is 0 Å². The van der Waals surface area contributed by atoms with Gasteiger partial charge in [-0.3, -0.25) is 0 Å². The predicted molar refractivity (Wildman–Crippen MR) is 63.3 cm³/mol. The van der Waals surface area contributed by atoms with Gasteiger partial charge >= 0.3 is 0 Å². The monoisotopic (exact) mass is 217 g/mol. The van der Waals surface area contributed by atoms with Crippen molar-refractivity contribution in [3.05, 3.63) is 23.8 Å². The summed E-state index contributed by atoms with van der Waals surface area (Å²) in [7, 11) is 0. The maximum Gasteiger partial charge on any atom is 0.128 e. The largest absolute Gasteiger partial charge is 0.316 e. The van der Waals surface area contributed by atoms with Gasteiger partial charge in [-0.1, -0.05) is 6.42 Å². The molecular weight excluding hydrogens is 198 g/mol. The van der Waals surface area contributed by atoms with Crippen LogP contribution in [0.5, 0.6) is 0 Å². The first-order valence-corrected chi connectivity index (χ1v) is 6.44. The van der Waals surface area contributed by atoms with E-state index in [4.69, 9.17) is 4.98 Å². The molecule has 1 aliphatic heterocycles. The number of nitrogens with one attached hydrogen (secondary N) is 1. The van der Waals surface area contributed by atoms with Crippen LogP contribution in [-0.4, -0.2) is 23.1 Å². The molecule has 1 saturated carbocycles. The Bertz CT molecular complexity index is 354. The predicted octanol–water partition coefficient (Wildman–Crippen LogP) is 1.90. The number of aromatic nitrogens is 2. The molecule has 1 aromatic rings. The third kappa shape index (κ3) is 2.09. The van der Waals surface area contributed by atoms with Crippen LogP contribution in [0, 0.1) is 5.92 Å². The van der Waals surface area contributed by atoms with Crippen LogP contribution in [0.1, 0.15) is 43.1 Å². The van der Waals surface area contributed by atoms with Gasteiger partial charge < -0.3 is 5.32 Å². The molecular formula is C13H19N3. The molecule has 0 radical (unpaired) electrons. The van der Waals surface area contributed by atoms with Gasteiger partial charge in [0.25, 0.3) is 0 Å². The molecule has 1 atom stereocenters. The van der Waals surface area contributed by atoms with Gasteiger partial charge in [0.1, 0.15) is 5.82 Å². The fourth-order valence-electron chi connectivity index (χ4n) is 2.59. The van der Waals surface area contributed by atoms with Crippen molar-refractivity contribution in [1.29, 1.82) is 0 Å². The maximum atomic E-state index is 4.72. The van der Waals surface area contributed by atoms with Gasteiger partial charge in [0.05, 0.1) is 0 Å². The Labute approximate surface area is 96.7 Å². The van der Waals surface area contributed by atoms with E-state index in [9.17, 15) is 0 Å². The normalized spacial score (nSPS) is 25.6. The smallest absolute Gasteiger partial charge is 0.128 e. The lowest BCUT2D eigenvalue weighted by Gasteiger charge is -2.24. The van der Waals surface area contributed by atoms with Crippen molar-refractivity contribution in [2.45, 2.75) is 38.0 Å². The summed E-state index contributed by atoms with van der Waals surface area (Å²) in [6, 6.07) is 2.10. The molecule has 1 N–H and O–H groups in total. The van der Waals surface area contributed by atoms with E-state index >= 15 is 0 Å². The highest BCUT2D eigenvalue weighted by Gasteiger charge is 2.22. The van der Waals surface area contributed by atoms with Crippen molar-refractivity contribution in [3.8, 4) is 0 Å². The number of rotatable bonds is 3. The van der Waals surface area contributed by atoms with E-state index in [-0.39, 0.29) is 0 Å². The van der Waals surface area contributed by atoms with Gasteiger partial charge in [-0.25, -0.2) is 9.97 Å². The first kappa shape index (κ1) is 10.2. The lowest BCUT2D eigenvalue weighted by atomic mass is 9.83. The maximum absolute atomic E-state index is 4.72. The number of hydrogen-bond donors (Lipinski definition) is 1. The summed E-state index contributed by atoms with van der Waals surface area (Å²) in [5.74, 6) is 2.53. The van der Waals surface area contributed by atoms with Crippen LogP contribution in [-0.2, 0) is 6.42 Å². The van der Waals surface area contributed by atoms with E-state index in [2.05, 4.69) is 16.4 Å². The first-order valence-electron chi connectivity index (χ1n) is 6.44. The molecule has 2 aliphatic rings. The van der Waals surface area contributed by atoms with Crippen LogP contribution in [0.3, 0.4) is 0 Å². The lowest BCUT2D eigenvalue weighted by Crippen LogP contribution is -2.15. The fourth-order valence-corrected chi connectivity index (χ4v) is 2.59. The minimum absolute atomic E-state index is 0.725. The summed E-state index contributed by atoms with van der Waals surface area (Å²) in [4.78, 5) is 9.12. The molecule has 3 heteroatoms. The second kappa shape index (κ2) is 4.50. The van der Waals surface area contributed by atoms with E-state index in [1.165, 1.54) is 31.4 Å². The molecule has 1 aliphatic carbocycles. The highest BCUT2D eigenvalue weighted by atomic mass is 14.9. The molecule has 0 spiro atoms. The standard InChI is InChI=1S/C13H19N3/c1-2-11(3-1)12-5-7-15-13(16-12)8-10-4-6-14-9-10/h5,7,10-11,14H,1-4,6,8-9H2. The van der Waals surface area contributed by atoms with Crippen LogP contribution in [0.4, 0.5) is 0 Å². The third-order valence-electron chi connectivity index (χ3n) is 3.88. The van der Waals surface area contributed by atoms with Gasteiger partial charge in [-0.05, 0) is 44.3 Å². The molecule has 2 heterocycles. The zero-order chi connectivity index (χ0) is 10.8. The zero-order valence-electron chi connectivity index (χ0n) is 9.65. The lowest BCUT2D eigenvalue weighted by molar-refractivity contribution is 0.408. The van der Waals surface area contributed by atoms with Crippen LogP contribution in [0.2, 0.25) is 0 Å². The zero-order valence-corrected chi connectivity index (χ0v) is 9.65. The van der Waals surface area contributed by atoms with Crippen LogP contribution < -0.4 is 5.32 Å². The molecule has 0 aromatic carbocycles. The summed E-state index contributed by atoms with van der Waals surface area (Å²) in [6.45, 7) is 2.30. The summed E-state index contributed by atoms with van der Waals surface area (Å²) < 4.78 is 0. The van der Waals surface area contributed by atoms with E-state index in [1.54, 1.807) is 0 Å². The van der Waals surface area contributed by atoms with Gasteiger partial charge in [0.15, 0.2) is 0 Å². The van der Waals surface area contributed by atoms with Gasteiger partial charge in [0, 0.05) is 24.2 Å². The summed E-state index contributed by atoms with van der Waals surface area (Å²) >= 11 is 0. The van der Waals surface area contributed by atoms with Crippen LogP contribution in [0.15, 0.2) is 12.3 Å². The summed E-state index contributed by atoms with van der Waals surface area (Å²) in [5.41, 5.74) is 1.28. The van der Waals surface area contributed by atoms with Gasteiger partial charge in [0.2, 0.25) is 0 Å². The minimum atomic E-state index is 0.725. The molecule has 3 rings (SSSR count). The molecule has 2 fully saturated rings. The van der Waals surface area contributed by atoms with E-state index < -0.39 is 0 Å². The van der Waals surface area contributed by atoms with E-state index in [1.807, 2.05) is 6.20 Å². The van der Waals surface area contributed by atoms with Crippen molar-refractivity contribution in [3.63, 3.8) is 0 Å². The number of hydrogen-bond acceptors (Lipinski definition) is 3. The average Bonchev–Trinajstić information content (AvgIpc) is 2.68. The molecule has 16 heavy (non-hydrogen) atoms. The Morgan fingerprint density at radius 2 is 2.25 bits per heavy atom. The average molecular weight is 217 g/mol. The van der Waals surface area contributed by atoms with Crippen molar-refractivity contribution in [1.82, 2.24) is 15.3 Å². The Hall–Kier alpha value is -0.960. The van der Waals surface area contributed by atoms with Gasteiger partial charge in [-0.2, -0.15) is 0 Å². The summed E-state index contributed by atoms with van der Waals surface area (Å²) in [6.07, 6.45) is 8.28. The van der Waals surface area contributed by atoms with Crippen molar-refractivity contribution >= 4 is 0 Å². The topological polar surface area (TPSA) is 37.8 Å². The fraction of sp³-hybridized carbons (Fsp3) is 0.692. The van der Waals surface area contributed by atoms with E-state index in [0.717, 1.165) is 37.2 Å². The minimum Gasteiger partial charge on any atom is -0.316 e. The Morgan fingerprint density at radius 3 is 2.94 bits per heavy atom. The Morgan fingerprint density at radius 1 is 1.31 bits per heavy atom. The Kier molecular flexibility index (Phi) is 2.87. The molecule has 0 amide bonds. The molecule has 1 saturated heterocycles. The van der Waals surface area contributed by atoms with Crippen molar-refractivity contribution in [2.24, 2.45) is 5.92 Å². The SMILES string of the molecule is c1cc(C2CCC2)nc(CC2CCNC2)n1. The second-order valence-corrected chi connectivity index (χ2v) is 5.09. The number of nitrogens with zero attached hydrogens (tertiary/aromatic N) is 2. The van der Waals surface area contributed by atoms with Crippen molar-refractivity contribution in [2.75, 3.05) is 13.1 Å². The second-order valence-electron chi connectivity index (χ2n) is 5.09. The third-order valence-corrected chi connectivity index (χ3v) is 3.88. The van der Waals surface area contributed by atoms with Crippen LogP contribution >= 0.6 is 0 Å². The molecule has 0 bridgehead atoms. The van der Waals surface area contributed by atoms with Crippen LogP contribution in [0.25, 0.3) is 0 Å². The van der Waals surface area contributed by atoms with Crippen molar-refractivity contribution < 1.29 is 0 Å². The highest BCUT2D eigenvalue weighted by Crippen LogP contribution is 2.35. The molecule has 86 valence electrons. The van der Waals surface area contributed by atoms with Gasteiger partial charge in [-0.15, -0.1) is 0 Å². The quantitative estimate of drug-likeness (QED) is 0.840.